The molecule has 0 bridgehead atoms. The van der Waals surface area contributed by atoms with Gasteiger partial charge >= 0.3 is 0 Å². The number of hydrogen-bond acceptors (Lipinski definition) is 0. The van der Waals surface area contributed by atoms with Crippen molar-refractivity contribution in [3.05, 3.63) is 255 Å². The summed E-state index contributed by atoms with van der Waals surface area (Å²) in [4.78, 5) is 0. The molecule has 2 heterocycles. The molecule has 2 heteroatoms. The topological polar surface area (TPSA) is 9.86 Å². The van der Waals surface area contributed by atoms with Gasteiger partial charge in [-0.05, 0) is 183 Å². The maximum Gasteiger partial charge on any atom is 0.0497 e. The van der Waals surface area contributed by atoms with Gasteiger partial charge in [0.25, 0.3) is 0 Å². The first-order valence-electron chi connectivity index (χ1n) is 27.6. The van der Waals surface area contributed by atoms with Crippen LogP contribution in [0.5, 0.6) is 0 Å². The summed E-state index contributed by atoms with van der Waals surface area (Å²) in [5.41, 5.74) is 17.3. The molecule has 78 heavy (non-hydrogen) atoms. The minimum absolute atomic E-state index is 0.888. The average molecular weight is 993 g/mol. The molecule has 16 rings (SSSR count). The molecule has 0 spiro atoms. The fourth-order valence-electron chi connectivity index (χ4n) is 13.7. The van der Waals surface area contributed by atoms with Crippen molar-refractivity contribution in [2.45, 2.75) is 26.9 Å². The number of para-hydroxylation sites is 2. The molecule has 14 aromatic carbocycles. The highest BCUT2D eigenvalue weighted by molar-refractivity contribution is 6.28. The maximum atomic E-state index is 2.52. The molecule has 0 fully saturated rings. The Kier molecular flexibility index (Phi) is 9.93. The Morgan fingerprint density at radius 1 is 0.218 bits per heavy atom. The SMILES string of the molecule is CCn1c2ccccc2c2ccc(-c3cccc4c(-c5c6cccc(-c7ccc8ccccc8c7)c6cc6c(-c7ccc8ccccc8c7)cccc56)c5cccc(-c6ccc7c8ccccc8n(CC)c7c6)c5cc34)cc21. The molecule has 2 nitrogen and oxygen atoms in total. The standard InChI is InChI=1S/C76H52N2/c1-3-77-71-31-11-9-21-59(71)61-39-37-53(43-73(61)77)57-25-15-29-65-69(57)46-70-58(54-38-40-62-60-22-10-12-32-72(60)78(4-2)74(62)44-54)26-16-30-66(70)76(65)75-63-27-13-23-55(51-35-33-47-17-5-7-19-49(47)41-51)67(63)45-68-56(24-14-28-64(68)75)52-36-34-48-18-6-8-20-50(48)42-52/h5-46H,3-4H2,1-2H3. The molecular weight excluding hydrogens is 941 g/mol. The van der Waals surface area contributed by atoms with Crippen molar-refractivity contribution in [3.8, 4) is 55.6 Å². The van der Waals surface area contributed by atoms with E-state index in [2.05, 4.69) is 278 Å². The molecule has 16 aromatic rings. The summed E-state index contributed by atoms with van der Waals surface area (Å²) in [5.74, 6) is 0. The normalized spacial score (nSPS) is 12.1. The van der Waals surface area contributed by atoms with E-state index in [0.29, 0.717) is 0 Å². The van der Waals surface area contributed by atoms with Crippen molar-refractivity contribution in [2.24, 2.45) is 0 Å². The van der Waals surface area contributed by atoms with Crippen molar-refractivity contribution >= 4 is 108 Å². The van der Waals surface area contributed by atoms with Gasteiger partial charge in [0.15, 0.2) is 0 Å². The van der Waals surface area contributed by atoms with Crippen LogP contribution in [0.4, 0.5) is 0 Å². The van der Waals surface area contributed by atoms with Crippen molar-refractivity contribution in [2.75, 3.05) is 0 Å². The molecule has 0 saturated heterocycles. The van der Waals surface area contributed by atoms with Gasteiger partial charge in [-0.25, -0.2) is 0 Å². The van der Waals surface area contributed by atoms with E-state index < -0.39 is 0 Å². The summed E-state index contributed by atoms with van der Waals surface area (Å²) < 4.78 is 4.96. The van der Waals surface area contributed by atoms with E-state index >= 15 is 0 Å². The zero-order chi connectivity index (χ0) is 51.6. The fraction of sp³-hybridized carbons (Fsp3) is 0.0526. The van der Waals surface area contributed by atoms with Gasteiger partial charge in [-0.2, -0.15) is 0 Å². The number of aromatic nitrogens is 2. The summed E-state index contributed by atoms with van der Waals surface area (Å²) in [6, 6.07) is 96.5. The first-order chi connectivity index (χ1) is 38.6. The van der Waals surface area contributed by atoms with Crippen molar-refractivity contribution in [1.82, 2.24) is 9.13 Å². The Bertz CT molecular complexity index is 4860. The number of rotatable bonds is 7. The fourth-order valence-corrected chi connectivity index (χ4v) is 13.7. The summed E-state index contributed by atoms with van der Waals surface area (Å²) in [5, 5.41) is 20.0. The van der Waals surface area contributed by atoms with E-state index in [1.54, 1.807) is 0 Å². The smallest absolute Gasteiger partial charge is 0.0497 e. The second kappa shape index (κ2) is 17.4. The highest BCUT2D eigenvalue weighted by Crippen LogP contribution is 2.50. The molecule has 366 valence electrons. The van der Waals surface area contributed by atoms with Gasteiger partial charge in [-0.1, -0.05) is 206 Å². The van der Waals surface area contributed by atoms with Crippen molar-refractivity contribution in [3.63, 3.8) is 0 Å². The molecule has 0 radical (unpaired) electrons. The van der Waals surface area contributed by atoms with E-state index in [9.17, 15) is 0 Å². The van der Waals surface area contributed by atoms with Crippen LogP contribution in [0.15, 0.2) is 255 Å². The quantitative estimate of drug-likeness (QED) is 0.141. The summed E-state index contributed by atoms with van der Waals surface area (Å²) in [6.07, 6.45) is 0. The monoisotopic (exact) mass is 992 g/mol. The van der Waals surface area contributed by atoms with Crippen LogP contribution in [0.2, 0.25) is 0 Å². The third-order valence-electron chi connectivity index (χ3n) is 17.3. The van der Waals surface area contributed by atoms with E-state index in [1.807, 2.05) is 0 Å². The van der Waals surface area contributed by atoms with Crippen LogP contribution >= 0.6 is 0 Å². The van der Waals surface area contributed by atoms with Crippen LogP contribution in [-0.4, -0.2) is 9.13 Å². The lowest BCUT2D eigenvalue weighted by molar-refractivity contribution is 0.827. The number of nitrogens with zero attached hydrogens (tertiary/aromatic N) is 2. The summed E-state index contributed by atoms with van der Waals surface area (Å²) in [7, 11) is 0. The van der Waals surface area contributed by atoms with Gasteiger partial charge in [0.05, 0.1) is 0 Å². The molecule has 0 atom stereocenters. The molecule has 0 N–H and O–H groups in total. The lowest BCUT2D eigenvalue weighted by atomic mass is 9.81. The van der Waals surface area contributed by atoms with Crippen LogP contribution in [0.1, 0.15) is 13.8 Å². The minimum atomic E-state index is 0.888. The number of fused-ring (bicyclic) bond motifs is 12. The maximum absolute atomic E-state index is 2.52. The number of hydrogen-bond donors (Lipinski definition) is 0. The zero-order valence-electron chi connectivity index (χ0n) is 43.6. The molecule has 0 amide bonds. The number of aryl methyl sites for hydroxylation is 2. The predicted octanol–water partition coefficient (Wildman–Crippen LogP) is 21.2. The Balaban J connectivity index is 1.05. The van der Waals surface area contributed by atoms with Crippen LogP contribution in [-0.2, 0) is 13.1 Å². The highest BCUT2D eigenvalue weighted by atomic mass is 15.0. The largest absolute Gasteiger partial charge is 0.341 e. The first kappa shape index (κ1) is 44.5. The molecule has 0 unspecified atom stereocenters. The second-order valence-corrected chi connectivity index (χ2v) is 21.2. The Morgan fingerprint density at radius 3 is 0.910 bits per heavy atom. The second-order valence-electron chi connectivity index (χ2n) is 21.2. The molecule has 2 aromatic heterocycles. The van der Waals surface area contributed by atoms with E-state index in [1.165, 1.54) is 164 Å². The molecular formula is C76H52N2. The Labute approximate surface area is 452 Å². The predicted molar refractivity (Wildman–Crippen MR) is 336 cm³/mol. The summed E-state index contributed by atoms with van der Waals surface area (Å²) >= 11 is 0. The third kappa shape index (κ3) is 6.63. The average Bonchev–Trinajstić information content (AvgIpc) is 4.13. The minimum Gasteiger partial charge on any atom is -0.341 e. The van der Waals surface area contributed by atoms with Crippen molar-refractivity contribution < 1.29 is 0 Å². The lowest BCUT2D eigenvalue weighted by Crippen LogP contribution is -1.95. The van der Waals surface area contributed by atoms with Gasteiger partial charge in [-0.15, -0.1) is 0 Å². The van der Waals surface area contributed by atoms with Gasteiger partial charge < -0.3 is 9.13 Å². The van der Waals surface area contributed by atoms with E-state index in [0.717, 1.165) is 13.1 Å². The zero-order valence-corrected chi connectivity index (χ0v) is 43.6. The summed E-state index contributed by atoms with van der Waals surface area (Å²) in [6.45, 7) is 6.30. The third-order valence-corrected chi connectivity index (χ3v) is 17.3. The van der Waals surface area contributed by atoms with Gasteiger partial charge in [0.1, 0.15) is 0 Å². The van der Waals surface area contributed by atoms with Gasteiger partial charge in [0.2, 0.25) is 0 Å². The van der Waals surface area contributed by atoms with E-state index in [4.69, 9.17) is 0 Å². The van der Waals surface area contributed by atoms with Crippen LogP contribution < -0.4 is 0 Å². The van der Waals surface area contributed by atoms with Gasteiger partial charge in [-0.3, -0.25) is 0 Å². The van der Waals surface area contributed by atoms with Crippen LogP contribution in [0.25, 0.3) is 164 Å². The van der Waals surface area contributed by atoms with E-state index in [-0.39, 0.29) is 0 Å². The Hall–Kier alpha value is -9.76. The van der Waals surface area contributed by atoms with Gasteiger partial charge in [0, 0.05) is 56.7 Å². The molecule has 0 aliphatic heterocycles. The van der Waals surface area contributed by atoms with Crippen LogP contribution in [0, 0.1) is 0 Å². The highest BCUT2D eigenvalue weighted by Gasteiger charge is 2.23. The first-order valence-corrected chi connectivity index (χ1v) is 27.6. The lowest BCUT2D eigenvalue weighted by Gasteiger charge is -2.22. The Morgan fingerprint density at radius 2 is 0.526 bits per heavy atom. The molecule has 0 aliphatic rings. The molecule has 0 saturated carbocycles. The van der Waals surface area contributed by atoms with Crippen LogP contribution in [0.3, 0.4) is 0 Å². The number of benzene rings is 14. The van der Waals surface area contributed by atoms with Crippen molar-refractivity contribution in [1.29, 1.82) is 0 Å². The molecule has 0 aliphatic carbocycles.